The van der Waals surface area contributed by atoms with Gasteiger partial charge in [0.1, 0.15) is 0 Å². The lowest BCUT2D eigenvalue weighted by atomic mass is 10.2. The van der Waals surface area contributed by atoms with Crippen LogP contribution in [0, 0.1) is 24.3 Å². The first kappa shape index (κ1) is 4.37. The van der Waals surface area contributed by atoms with E-state index >= 15 is 0 Å². The maximum atomic E-state index is 6.96. The molecule has 1 saturated carbocycles. The monoisotopic (exact) mass is 104 g/mol. The largest absolute Gasteiger partial charge is 0.0879 e. The maximum Gasteiger partial charge on any atom is -0.0121 e. The first-order chi connectivity index (χ1) is 3.93. The summed E-state index contributed by atoms with van der Waals surface area (Å²) in [5, 5.41) is 0. The van der Waals surface area contributed by atoms with E-state index in [0.29, 0.717) is 5.92 Å². The van der Waals surface area contributed by atoms with Gasteiger partial charge in [0.2, 0.25) is 0 Å². The molecular weight excluding hydrogens is 96.1 g/mol. The molecule has 0 spiro atoms. The number of hydrogen-bond donors (Lipinski definition) is 0. The van der Waals surface area contributed by atoms with Gasteiger partial charge in [-0.15, -0.1) is 0 Å². The van der Waals surface area contributed by atoms with Gasteiger partial charge in [-0.3, -0.25) is 0 Å². The lowest BCUT2D eigenvalue weighted by Gasteiger charge is -1.84. The zero-order chi connectivity index (χ0) is 5.56. The molecule has 2 radical (unpaired) electrons. The molecule has 0 heteroatoms. The highest BCUT2D eigenvalue weighted by Gasteiger charge is 2.47. The summed E-state index contributed by atoms with van der Waals surface area (Å²) in [4.78, 5) is 0. The Labute approximate surface area is 49.9 Å². The van der Waals surface area contributed by atoms with Crippen LogP contribution in [-0.4, -0.2) is 0 Å². The van der Waals surface area contributed by atoms with E-state index in [9.17, 15) is 0 Å². The third-order valence-corrected chi connectivity index (χ3v) is 2.25. The Kier molecular flexibility index (Phi) is 0.682. The van der Waals surface area contributed by atoms with Crippen LogP contribution in [0.2, 0.25) is 0 Å². The Morgan fingerprint density at radius 2 is 2.50 bits per heavy atom. The molecule has 0 aromatic rings. The fraction of sp³-hybridized carbons (Fsp3) is 0.500. The normalized spacial score (nSPS) is 48.8. The van der Waals surface area contributed by atoms with E-state index in [2.05, 4.69) is 12.2 Å². The van der Waals surface area contributed by atoms with Gasteiger partial charge in [-0.05, 0) is 30.8 Å². The molecular formula is C8H8. The fourth-order valence-corrected chi connectivity index (χ4v) is 1.64. The Bertz CT molecular complexity index is 140. The Hall–Kier alpha value is -0.520. The van der Waals surface area contributed by atoms with Crippen LogP contribution in [0.25, 0.3) is 0 Å². The maximum absolute atomic E-state index is 6.96. The van der Waals surface area contributed by atoms with Gasteiger partial charge in [0.05, 0.1) is 0 Å². The Balaban J connectivity index is 2.12. The van der Waals surface area contributed by atoms with Crippen LogP contribution in [0.4, 0.5) is 0 Å². The van der Waals surface area contributed by atoms with E-state index in [4.69, 9.17) is 6.58 Å². The first-order valence-corrected chi connectivity index (χ1v) is 3.11. The summed E-state index contributed by atoms with van der Waals surface area (Å²) in [6, 6.07) is 0. The van der Waals surface area contributed by atoms with Crippen molar-refractivity contribution < 1.29 is 0 Å². The van der Waals surface area contributed by atoms with Gasteiger partial charge in [-0.2, -0.15) is 0 Å². The third-order valence-electron chi connectivity index (χ3n) is 2.25. The van der Waals surface area contributed by atoms with Crippen molar-refractivity contribution in [3.8, 4) is 0 Å². The van der Waals surface area contributed by atoms with Crippen molar-refractivity contribution in [2.75, 3.05) is 0 Å². The molecule has 2 aliphatic carbocycles. The lowest BCUT2D eigenvalue weighted by Crippen LogP contribution is -1.73. The molecule has 0 aromatic heterocycles. The van der Waals surface area contributed by atoms with Crippen molar-refractivity contribution in [1.29, 1.82) is 0 Å². The van der Waals surface area contributed by atoms with Gasteiger partial charge >= 0.3 is 0 Å². The van der Waals surface area contributed by atoms with Crippen LogP contribution >= 0.6 is 0 Å². The van der Waals surface area contributed by atoms with Crippen LogP contribution in [0.3, 0.4) is 0 Å². The average Bonchev–Trinajstić information content (AvgIpc) is 2.22. The predicted molar refractivity (Wildman–Crippen MR) is 32.0 cm³/mol. The van der Waals surface area contributed by atoms with Crippen molar-refractivity contribution in [1.82, 2.24) is 0 Å². The van der Waals surface area contributed by atoms with E-state index in [1.165, 1.54) is 6.42 Å². The third kappa shape index (κ3) is 0.360. The van der Waals surface area contributed by atoms with Gasteiger partial charge in [-0.25, -0.2) is 0 Å². The molecule has 0 saturated heterocycles. The molecule has 1 fully saturated rings. The van der Waals surface area contributed by atoms with Crippen molar-refractivity contribution in [3.05, 3.63) is 24.8 Å². The SMILES string of the molecule is [C]=C[C@H]1[C@H]2C=CC[C@H]21. The van der Waals surface area contributed by atoms with Gasteiger partial charge in [0.15, 0.2) is 0 Å². The Morgan fingerprint density at radius 3 is 2.88 bits per heavy atom. The topological polar surface area (TPSA) is 0 Å². The summed E-state index contributed by atoms with van der Waals surface area (Å²) in [7, 11) is 0. The summed E-state index contributed by atoms with van der Waals surface area (Å²) < 4.78 is 0. The molecule has 0 aromatic carbocycles. The van der Waals surface area contributed by atoms with Crippen molar-refractivity contribution in [2.45, 2.75) is 6.42 Å². The summed E-state index contributed by atoms with van der Waals surface area (Å²) in [5.41, 5.74) is 0. The summed E-state index contributed by atoms with van der Waals surface area (Å²) in [5.74, 6) is 2.24. The van der Waals surface area contributed by atoms with Crippen LogP contribution < -0.4 is 0 Å². The van der Waals surface area contributed by atoms with E-state index in [1.54, 1.807) is 6.08 Å². The molecule has 0 N–H and O–H groups in total. The molecule has 0 unspecified atom stereocenters. The minimum Gasteiger partial charge on any atom is -0.0879 e. The molecule has 0 nitrogen and oxygen atoms in total. The predicted octanol–water partition coefficient (Wildman–Crippen LogP) is 1.67. The zero-order valence-corrected chi connectivity index (χ0v) is 4.67. The highest BCUT2D eigenvalue weighted by Crippen LogP contribution is 2.54. The van der Waals surface area contributed by atoms with Gasteiger partial charge in [0.25, 0.3) is 0 Å². The number of hydrogen-bond acceptors (Lipinski definition) is 0. The first-order valence-electron chi connectivity index (χ1n) is 3.11. The van der Waals surface area contributed by atoms with E-state index < -0.39 is 0 Å². The number of rotatable bonds is 1. The highest BCUT2D eigenvalue weighted by molar-refractivity contribution is 5.20. The van der Waals surface area contributed by atoms with Gasteiger partial charge in [0, 0.05) is 0 Å². The molecule has 3 atom stereocenters. The van der Waals surface area contributed by atoms with Crippen LogP contribution in [0.15, 0.2) is 18.2 Å². The summed E-state index contributed by atoms with van der Waals surface area (Å²) in [6.07, 6.45) is 7.30. The molecule has 2 rings (SSSR count). The second-order valence-electron chi connectivity index (χ2n) is 2.65. The molecule has 0 bridgehead atoms. The second-order valence-corrected chi connectivity index (χ2v) is 2.65. The highest BCUT2D eigenvalue weighted by atomic mass is 14.5. The van der Waals surface area contributed by atoms with Crippen LogP contribution in [0.5, 0.6) is 0 Å². The molecule has 0 amide bonds. The Morgan fingerprint density at radius 1 is 1.62 bits per heavy atom. The average molecular weight is 104 g/mol. The molecule has 8 heavy (non-hydrogen) atoms. The number of fused-ring (bicyclic) bond motifs is 1. The van der Waals surface area contributed by atoms with Gasteiger partial charge < -0.3 is 0 Å². The minimum atomic E-state index is 0.625. The molecule has 0 heterocycles. The van der Waals surface area contributed by atoms with E-state index in [1.807, 2.05) is 0 Å². The molecule has 40 valence electrons. The van der Waals surface area contributed by atoms with Crippen molar-refractivity contribution in [2.24, 2.45) is 17.8 Å². The van der Waals surface area contributed by atoms with Crippen LogP contribution in [0.1, 0.15) is 6.42 Å². The minimum absolute atomic E-state index is 0.625. The quantitative estimate of drug-likeness (QED) is 0.444. The fourth-order valence-electron chi connectivity index (χ4n) is 1.64. The van der Waals surface area contributed by atoms with Crippen LogP contribution in [-0.2, 0) is 0 Å². The standard InChI is InChI=1S/C8H8/c1-2-6-7-4-3-5-8(6)7/h2-4,6-8H,5H2/t6-,7+,8-/m0/s1. The number of allylic oxidation sites excluding steroid dienone is 3. The summed E-state index contributed by atoms with van der Waals surface area (Å²) in [6.45, 7) is 6.96. The van der Waals surface area contributed by atoms with Crippen molar-refractivity contribution >= 4 is 0 Å². The van der Waals surface area contributed by atoms with E-state index in [0.717, 1.165) is 11.8 Å². The molecule has 2 aliphatic rings. The van der Waals surface area contributed by atoms with E-state index in [-0.39, 0.29) is 0 Å². The lowest BCUT2D eigenvalue weighted by molar-refractivity contribution is 0.814. The second kappa shape index (κ2) is 1.25. The molecule has 0 aliphatic heterocycles. The van der Waals surface area contributed by atoms with Crippen molar-refractivity contribution in [3.63, 3.8) is 0 Å². The zero-order valence-electron chi connectivity index (χ0n) is 4.67. The van der Waals surface area contributed by atoms with Gasteiger partial charge in [-0.1, -0.05) is 18.2 Å². The smallest absolute Gasteiger partial charge is 0.0121 e. The summed E-state index contributed by atoms with van der Waals surface area (Å²) >= 11 is 0.